The van der Waals surface area contributed by atoms with Gasteiger partial charge in [0.1, 0.15) is 0 Å². The van der Waals surface area contributed by atoms with E-state index in [1.165, 1.54) is 4.57 Å². The first-order chi connectivity index (χ1) is 7.27. The molecule has 0 atom stereocenters. The minimum atomic E-state index is -0.104. The zero-order valence-corrected chi connectivity index (χ0v) is 9.12. The Kier molecular flexibility index (Phi) is 2.82. The van der Waals surface area contributed by atoms with Gasteiger partial charge < -0.3 is 9.88 Å². The topological polar surface area (TPSA) is 46.9 Å². The molecular weight excluding hydrogens is 210 g/mol. The number of aromatic nitrogens is 2. The number of thiophene rings is 1. The highest BCUT2D eigenvalue weighted by Crippen LogP contribution is 2.06. The van der Waals surface area contributed by atoms with Gasteiger partial charge in [-0.1, -0.05) is 0 Å². The summed E-state index contributed by atoms with van der Waals surface area (Å²) in [5.74, 6) is 0.395. The summed E-state index contributed by atoms with van der Waals surface area (Å²) in [7, 11) is 1.71. The molecule has 0 unspecified atom stereocenters. The molecule has 5 heteroatoms. The summed E-state index contributed by atoms with van der Waals surface area (Å²) in [6, 6.07) is 2.02. The van der Waals surface area contributed by atoms with E-state index in [2.05, 4.69) is 10.3 Å². The van der Waals surface area contributed by atoms with Crippen LogP contribution in [0.1, 0.15) is 5.56 Å². The summed E-state index contributed by atoms with van der Waals surface area (Å²) >= 11 is 1.64. The van der Waals surface area contributed by atoms with Crippen molar-refractivity contribution in [3.63, 3.8) is 0 Å². The number of rotatable bonds is 3. The Morgan fingerprint density at radius 2 is 2.47 bits per heavy atom. The minimum absolute atomic E-state index is 0.104. The highest BCUT2D eigenvalue weighted by Gasteiger charge is 2.01. The van der Waals surface area contributed by atoms with Gasteiger partial charge in [0.2, 0.25) is 0 Å². The molecular formula is C10H11N3OS. The Morgan fingerprint density at radius 1 is 1.60 bits per heavy atom. The van der Waals surface area contributed by atoms with Crippen molar-refractivity contribution in [2.75, 3.05) is 5.32 Å². The Morgan fingerprint density at radius 3 is 3.20 bits per heavy atom. The molecule has 1 N–H and O–H groups in total. The Labute approximate surface area is 91.2 Å². The van der Waals surface area contributed by atoms with Crippen LogP contribution in [0.5, 0.6) is 0 Å². The van der Waals surface area contributed by atoms with Crippen LogP contribution in [-0.2, 0) is 13.6 Å². The molecule has 4 nitrogen and oxygen atoms in total. The maximum absolute atomic E-state index is 11.6. The van der Waals surface area contributed by atoms with Crippen LogP contribution in [0, 0.1) is 0 Å². The van der Waals surface area contributed by atoms with Crippen LogP contribution in [0.2, 0.25) is 0 Å². The van der Waals surface area contributed by atoms with E-state index < -0.39 is 0 Å². The van der Waals surface area contributed by atoms with E-state index in [0.29, 0.717) is 12.4 Å². The molecule has 0 saturated heterocycles. The van der Waals surface area contributed by atoms with Crippen LogP contribution < -0.4 is 10.9 Å². The van der Waals surface area contributed by atoms with Crippen molar-refractivity contribution < 1.29 is 0 Å². The molecule has 0 fully saturated rings. The highest BCUT2D eigenvalue weighted by atomic mass is 32.1. The van der Waals surface area contributed by atoms with Crippen LogP contribution in [0.25, 0.3) is 0 Å². The van der Waals surface area contributed by atoms with Gasteiger partial charge in [0, 0.05) is 26.0 Å². The van der Waals surface area contributed by atoms with Crippen molar-refractivity contribution >= 4 is 17.2 Å². The van der Waals surface area contributed by atoms with Gasteiger partial charge >= 0.3 is 0 Å². The number of nitrogens with one attached hydrogen (secondary N) is 1. The van der Waals surface area contributed by atoms with Gasteiger partial charge in [-0.2, -0.15) is 11.3 Å². The molecule has 2 aromatic rings. The summed E-state index contributed by atoms with van der Waals surface area (Å²) in [6.07, 6.45) is 3.25. The van der Waals surface area contributed by atoms with Gasteiger partial charge in [0.15, 0.2) is 5.82 Å². The molecule has 0 bridgehead atoms. The van der Waals surface area contributed by atoms with E-state index in [-0.39, 0.29) is 5.56 Å². The molecule has 0 aliphatic rings. The Balaban J connectivity index is 2.12. The van der Waals surface area contributed by atoms with Crippen molar-refractivity contribution in [1.29, 1.82) is 0 Å². The minimum Gasteiger partial charge on any atom is -0.361 e. The van der Waals surface area contributed by atoms with Crippen LogP contribution in [0.3, 0.4) is 0 Å². The van der Waals surface area contributed by atoms with Crippen LogP contribution in [-0.4, -0.2) is 9.55 Å². The zero-order chi connectivity index (χ0) is 10.7. The predicted molar refractivity (Wildman–Crippen MR) is 61.1 cm³/mol. The van der Waals surface area contributed by atoms with E-state index in [9.17, 15) is 4.79 Å². The van der Waals surface area contributed by atoms with E-state index >= 15 is 0 Å². The molecule has 2 heterocycles. The lowest BCUT2D eigenvalue weighted by atomic mass is 10.3. The normalized spacial score (nSPS) is 10.2. The lowest BCUT2D eigenvalue weighted by molar-refractivity contribution is 0.839. The van der Waals surface area contributed by atoms with Crippen molar-refractivity contribution in [3.05, 3.63) is 45.1 Å². The number of aryl methyl sites for hydroxylation is 1. The van der Waals surface area contributed by atoms with Crippen molar-refractivity contribution in [1.82, 2.24) is 9.55 Å². The van der Waals surface area contributed by atoms with E-state index in [0.717, 1.165) is 5.56 Å². The zero-order valence-electron chi connectivity index (χ0n) is 8.30. The third-order valence-electron chi connectivity index (χ3n) is 2.06. The van der Waals surface area contributed by atoms with Gasteiger partial charge in [-0.15, -0.1) is 0 Å². The maximum Gasteiger partial charge on any atom is 0.293 e. The molecule has 0 radical (unpaired) electrons. The fraction of sp³-hybridized carbons (Fsp3) is 0.200. The number of nitrogens with zero attached hydrogens (tertiary/aromatic N) is 2. The van der Waals surface area contributed by atoms with Gasteiger partial charge in [-0.25, -0.2) is 4.98 Å². The third-order valence-corrected chi connectivity index (χ3v) is 2.79. The fourth-order valence-corrected chi connectivity index (χ4v) is 1.87. The standard InChI is InChI=1S/C10H11N3OS/c1-13-4-3-11-9(10(13)14)12-6-8-2-5-15-7-8/h2-5,7H,6H2,1H3,(H,11,12). The Bertz CT molecular complexity index is 490. The number of hydrogen-bond acceptors (Lipinski definition) is 4. The van der Waals surface area contributed by atoms with Crippen LogP contribution in [0.15, 0.2) is 34.0 Å². The molecule has 0 saturated carbocycles. The largest absolute Gasteiger partial charge is 0.361 e. The summed E-state index contributed by atoms with van der Waals surface area (Å²) < 4.78 is 1.50. The SMILES string of the molecule is Cn1ccnc(NCc2ccsc2)c1=O. The number of anilines is 1. The monoisotopic (exact) mass is 221 g/mol. The average Bonchev–Trinajstić information content (AvgIpc) is 2.73. The van der Waals surface area contributed by atoms with Gasteiger partial charge in [0.05, 0.1) is 0 Å². The van der Waals surface area contributed by atoms with Gasteiger partial charge in [-0.3, -0.25) is 4.79 Å². The molecule has 0 spiro atoms. The molecule has 2 rings (SSSR count). The van der Waals surface area contributed by atoms with Crippen molar-refractivity contribution in [3.8, 4) is 0 Å². The van der Waals surface area contributed by atoms with Crippen LogP contribution >= 0.6 is 11.3 Å². The Hall–Kier alpha value is -1.62. The smallest absolute Gasteiger partial charge is 0.293 e. The second-order valence-electron chi connectivity index (χ2n) is 3.18. The predicted octanol–water partition coefficient (Wildman–Crippen LogP) is 1.45. The third kappa shape index (κ3) is 2.24. The molecule has 0 amide bonds. The maximum atomic E-state index is 11.6. The van der Waals surface area contributed by atoms with Crippen LogP contribution in [0.4, 0.5) is 5.82 Å². The van der Waals surface area contributed by atoms with Crippen molar-refractivity contribution in [2.45, 2.75) is 6.54 Å². The molecule has 78 valence electrons. The second-order valence-corrected chi connectivity index (χ2v) is 3.96. The van der Waals surface area contributed by atoms with Gasteiger partial charge in [-0.05, 0) is 22.4 Å². The number of hydrogen-bond donors (Lipinski definition) is 1. The molecule has 2 aromatic heterocycles. The fourth-order valence-electron chi connectivity index (χ4n) is 1.20. The second kappa shape index (κ2) is 4.27. The van der Waals surface area contributed by atoms with E-state index in [1.54, 1.807) is 30.8 Å². The highest BCUT2D eigenvalue weighted by molar-refractivity contribution is 7.07. The molecule has 15 heavy (non-hydrogen) atoms. The van der Waals surface area contributed by atoms with Crippen molar-refractivity contribution in [2.24, 2.45) is 7.05 Å². The average molecular weight is 221 g/mol. The lowest BCUT2D eigenvalue weighted by Crippen LogP contribution is -2.21. The van der Waals surface area contributed by atoms with E-state index in [1.807, 2.05) is 16.8 Å². The summed E-state index contributed by atoms with van der Waals surface area (Å²) in [6.45, 7) is 0.635. The first-order valence-electron chi connectivity index (χ1n) is 4.54. The first-order valence-corrected chi connectivity index (χ1v) is 5.48. The van der Waals surface area contributed by atoms with Gasteiger partial charge in [0.25, 0.3) is 5.56 Å². The summed E-state index contributed by atoms with van der Waals surface area (Å²) in [5, 5.41) is 7.07. The molecule has 0 aromatic carbocycles. The molecule has 0 aliphatic carbocycles. The summed E-state index contributed by atoms with van der Waals surface area (Å²) in [5.41, 5.74) is 1.06. The lowest BCUT2D eigenvalue weighted by Gasteiger charge is -2.04. The quantitative estimate of drug-likeness (QED) is 0.853. The summed E-state index contributed by atoms with van der Waals surface area (Å²) in [4.78, 5) is 15.6. The first kappa shape index (κ1) is 9.92. The molecule has 0 aliphatic heterocycles. The van der Waals surface area contributed by atoms with E-state index in [4.69, 9.17) is 0 Å².